The first-order chi connectivity index (χ1) is 12.1. The highest BCUT2D eigenvalue weighted by atomic mass is 32.2. The minimum atomic E-state index is -0.753. The van der Waals surface area contributed by atoms with Crippen molar-refractivity contribution in [1.82, 2.24) is 5.23 Å². The fraction of sp³-hybridized carbons (Fsp3) is 0.412. The van der Waals surface area contributed by atoms with Crippen LogP contribution in [-0.2, 0) is 18.7 Å². The maximum atomic E-state index is 11.4. The molecule has 8 heteroatoms. The van der Waals surface area contributed by atoms with Gasteiger partial charge in [-0.2, -0.15) is 4.28 Å². The maximum absolute atomic E-state index is 11.4. The molecule has 1 aliphatic heterocycles. The number of carboxylic acids is 1. The molecular weight excluding hydrogens is 346 g/mol. The van der Waals surface area contributed by atoms with Gasteiger partial charge in [-0.3, -0.25) is 4.79 Å². The van der Waals surface area contributed by atoms with Gasteiger partial charge in [0.15, 0.2) is 0 Å². The van der Waals surface area contributed by atoms with Crippen molar-refractivity contribution in [3.05, 3.63) is 40.5 Å². The molecule has 1 aromatic rings. The zero-order valence-corrected chi connectivity index (χ0v) is 14.8. The average Bonchev–Trinajstić information content (AvgIpc) is 3.05. The molecule has 0 atom stereocenters. The molecule has 0 saturated carbocycles. The number of hydrogen-bond donors (Lipinski definition) is 1. The predicted octanol–water partition coefficient (Wildman–Crippen LogP) is 3.63. The Bertz CT molecular complexity index is 616. The van der Waals surface area contributed by atoms with Crippen molar-refractivity contribution in [3.8, 4) is 0 Å². The fourth-order valence-corrected chi connectivity index (χ4v) is 2.74. The fourth-order valence-electron chi connectivity index (χ4n) is 2.18. The van der Waals surface area contributed by atoms with Gasteiger partial charge in [-0.1, -0.05) is 25.0 Å². The van der Waals surface area contributed by atoms with Gasteiger partial charge < -0.3 is 14.7 Å². The Kier molecular flexibility index (Phi) is 7.77. The van der Waals surface area contributed by atoms with Gasteiger partial charge in [-0.15, -0.1) is 0 Å². The van der Waals surface area contributed by atoms with Gasteiger partial charge in [0, 0.05) is 6.42 Å². The van der Waals surface area contributed by atoms with Gasteiger partial charge in [-0.05, 0) is 41.8 Å². The number of carbonyl (C=O) groups excluding carboxylic acids is 1. The number of rotatable bonds is 9. The largest absolute Gasteiger partial charge is 0.481 e. The SMILES string of the molecule is COC(=O)c1ccc(/C=C2/ON(CCCCCCC(=O)O)OS2)cc1. The van der Waals surface area contributed by atoms with Crippen molar-refractivity contribution in [2.75, 3.05) is 13.7 Å². The number of hydroxylamine groups is 2. The smallest absolute Gasteiger partial charge is 0.337 e. The van der Waals surface area contributed by atoms with Gasteiger partial charge in [0.2, 0.25) is 5.09 Å². The Morgan fingerprint density at radius 2 is 1.92 bits per heavy atom. The number of hydrogen-bond acceptors (Lipinski definition) is 7. The summed E-state index contributed by atoms with van der Waals surface area (Å²) in [6.07, 6.45) is 5.39. The second kappa shape index (κ2) is 10.1. The third-order valence-electron chi connectivity index (χ3n) is 3.49. The van der Waals surface area contributed by atoms with Crippen LogP contribution in [0.3, 0.4) is 0 Å². The molecule has 0 radical (unpaired) electrons. The Morgan fingerprint density at radius 3 is 2.60 bits per heavy atom. The van der Waals surface area contributed by atoms with Crippen LogP contribution in [0, 0.1) is 0 Å². The summed E-state index contributed by atoms with van der Waals surface area (Å²) in [5.74, 6) is -1.12. The summed E-state index contributed by atoms with van der Waals surface area (Å²) < 4.78 is 10.0. The van der Waals surface area contributed by atoms with E-state index < -0.39 is 5.97 Å². The third-order valence-corrected chi connectivity index (χ3v) is 4.09. The summed E-state index contributed by atoms with van der Waals surface area (Å²) in [5.41, 5.74) is 1.37. The van der Waals surface area contributed by atoms with Crippen LogP contribution < -0.4 is 0 Å². The van der Waals surface area contributed by atoms with Gasteiger partial charge >= 0.3 is 11.9 Å². The molecule has 136 valence electrons. The van der Waals surface area contributed by atoms with E-state index in [1.165, 1.54) is 12.3 Å². The predicted molar refractivity (Wildman–Crippen MR) is 92.9 cm³/mol. The number of carbonyl (C=O) groups is 2. The number of carboxylic acid groups (broad SMARTS) is 1. The zero-order chi connectivity index (χ0) is 18.1. The van der Waals surface area contributed by atoms with E-state index in [2.05, 4.69) is 4.74 Å². The number of benzene rings is 1. The first-order valence-corrected chi connectivity index (χ1v) is 8.74. The first-order valence-electron chi connectivity index (χ1n) is 8.00. The number of methoxy groups -OCH3 is 1. The van der Waals surface area contributed by atoms with Gasteiger partial charge in [-0.25, -0.2) is 4.79 Å². The van der Waals surface area contributed by atoms with Crippen molar-refractivity contribution in [3.63, 3.8) is 0 Å². The Hall–Kier alpha value is -2.03. The lowest BCUT2D eigenvalue weighted by Crippen LogP contribution is -2.16. The summed E-state index contributed by atoms with van der Waals surface area (Å²) in [4.78, 5) is 27.4. The zero-order valence-electron chi connectivity index (χ0n) is 14.0. The number of nitrogens with zero attached hydrogens (tertiary/aromatic N) is 1. The van der Waals surface area contributed by atoms with Crippen LogP contribution in [0.15, 0.2) is 29.4 Å². The van der Waals surface area contributed by atoms with Crippen molar-refractivity contribution >= 4 is 30.1 Å². The summed E-state index contributed by atoms with van der Waals surface area (Å²) in [6.45, 7) is 0.610. The molecule has 0 spiro atoms. The van der Waals surface area contributed by atoms with Crippen molar-refractivity contribution < 1.29 is 28.6 Å². The lowest BCUT2D eigenvalue weighted by atomic mass is 10.1. The van der Waals surface area contributed by atoms with E-state index in [1.54, 1.807) is 24.3 Å². The van der Waals surface area contributed by atoms with E-state index in [-0.39, 0.29) is 12.4 Å². The quantitative estimate of drug-likeness (QED) is 0.402. The molecule has 25 heavy (non-hydrogen) atoms. The van der Waals surface area contributed by atoms with Gasteiger partial charge in [0.05, 0.1) is 31.3 Å². The van der Waals surface area contributed by atoms with Crippen molar-refractivity contribution in [2.24, 2.45) is 0 Å². The summed E-state index contributed by atoms with van der Waals surface area (Å²) >= 11 is 1.13. The number of esters is 1. The van der Waals surface area contributed by atoms with E-state index >= 15 is 0 Å². The van der Waals surface area contributed by atoms with Crippen LogP contribution in [0.1, 0.15) is 48.0 Å². The lowest BCUT2D eigenvalue weighted by molar-refractivity contribution is -0.259. The summed E-state index contributed by atoms with van der Waals surface area (Å²) in [7, 11) is 1.35. The van der Waals surface area contributed by atoms with Crippen molar-refractivity contribution in [2.45, 2.75) is 32.1 Å². The van der Waals surface area contributed by atoms with E-state index in [4.69, 9.17) is 14.2 Å². The van der Waals surface area contributed by atoms with Crippen LogP contribution in [0.2, 0.25) is 0 Å². The summed E-state index contributed by atoms with van der Waals surface area (Å²) in [5, 5.41) is 10.6. The Labute approximate surface area is 150 Å². The van der Waals surface area contributed by atoms with Gasteiger partial charge in [0.25, 0.3) is 0 Å². The molecule has 0 unspecified atom stereocenters. The van der Waals surface area contributed by atoms with Crippen LogP contribution in [0.25, 0.3) is 6.08 Å². The first kappa shape index (κ1) is 19.3. The summed E-state index contributed by atoms with van der Waals surface area (Å²) in [6, 6.07) is 6.98. The minimum absolute atomic E-state index is 0.216. The third kappa shape index (κ3) is 6.77. The number of aliphatic carboxylic acids is 1. The second-order valence-electron chi connectivity index (χ2n) is 5.44. The molecule has 1 N–H and O–H groups in total. The second-order valence-corrected chi connectivity index (χ2v) is 6.16. The van der Waals surface area contributed by atoms with E-state index in [0.717, 1.165) is 36.9 Å². The molecule has 1 heterocycles. The van der Waals surface area contributed by atoms with E-state index in [0.29, 0.717) is 23.6 Å². The Balaban J connectivity index is 1.71. The van der Waals surface area contributed by atoms with Crippen molar-refractivity contribution in [1.29, 1.82) is 0 Å². The molecule has 0 aromatic heterocycles. The topological polar surface area (TPSA) is 85.3 Å². The highest BCUT2D eigenvalue weighted by Gasteiger charge is 2.20. The molecule has 0 aliphatic carbocycles. The normalized spacial score (nSPS) is 16.0. The maximum Gasteiger partial charge on any atom is 0.337 e. The van der Waals surface area contributed by atoms with Gasteiger partial charge in [0.1, 0.15) is 0 Å². The molecule has 1 fully saturated rings. The molecule has 1 aromatic carbocycles. The van der Waals surface area contributed by atoms with Crippen LogP contribution >= 0.6 is 12.0 Å². The molecule has 0 amide bonds. The monoisotopic (exact) mass is 367 g/mol. The Morgan fingerprint density at radius 1 is 1.20 bits per heavy atom. The van der Waals surface area contributed by atoms with Crippen LogP contribution in [0.4, 0.5) is 0 Å². The molecule has 2 rings (SSSR count). The van der Waals surface area contributed by atoms with E-state index in [1.807, 2.05) is 6.08 Å². The average molecular weight is 367 g/mol. The molecular formula is C17H21NO6S. The van der Waals surface area contributed by atoms with Crippen LogP contribution in [-0.4, -0.2) is 35.9 Å². The number of unbranched alkanes of at least 4 members (excludes halogenated alkanes) is 3. The van der Waals surface area contributed by atoms with Crippen LogP contribution in [0.5, 0.6) is 0 Å². The molecule has 0 bridgehead atoms. The highest BCUT2D eigenvalue weighted by Crippen LogP contribution is 2.31. The minimum Gasteiger partial charge on any atom is -0.481 e. The molecule has 1 aliphatic rings. The lowest BCUT2D eigenvalue weighted by Gasteiger charge is -2.09. The molecule has 1 saturated heterocycles. The molecule has 7 nitrogen and oxygen atoms in total. The number of ether oxygens (including phenoxy) is 1. The van der Waals surface area contributed by atoms with E-state index in [9.17, 15) is 9.59 Å². The highest BCUT2D eigenvalue weighted by molar-refractivity contribution is 7.98. The standard InChI is InChI=1S/C17H21NO6S/c1-22-17(21)14-9-7-13(8-10-14)12-16-23-18(24-25-16)11-5-3-2-4-6-15(19)20/h7-10,12H,2-6,11H2,1H3,(H,19,20)/b16-12-.